The zero-order valence-electron chi connectivity index (χ0n) is 14.2. The van der Waals surface area contributed by atoms with Gasteiger partial charge in [0.05, 0.1) is 6.04 Å². The van der Waals surface area contributed by atoms with Crippen molar-refractivity contribution in [2.45, 2.75) is 12.5 Å². The Labute approximate surface area is 149 Å². The molecule has 1 N–H and O–H groups in total. The summed E-state index contributed by atoms with van der Waals surface area (Å²) in [5.41, 5.74) is 5.79. The van der Waals surface area contributed by atoms with Gasteiger partial charge in [-0.25, -0.2) is 0 Å². The number of benzene rings is 1. The number of nitrogens with one attached hydrogen (secondary N) is 1. The summed E-state index contributed by atoms with van der Waals surface area (Å²) in [6, 6.07) is 13.0. The van der Waals surface area contributed by atoms with Crippen molar-refractivity contribution in [3.8, 4) is 11.1 Å². The zero-order valence-corrected chi connectivity index (χ0v) is 14.2. The molecule has 25 heavy (non-hydrogen) atoms. The third kappa shape index (κ3) is 4.24. The molecule has 0 radical (unpaired) electrons. The van der Waals surface area contributed by atoms with Crippen LogP contribution in [0, 0.1) is 0 Å². The van der Waals surface area contributed by atoms with Gasteiger partial charge in [-0.15, -0.1) is 0 Å². The maximum Gasteiger partial charge on any atom is 0.0549 e. The van der Waals surface area contributed by atoms with Gasteiger partial charge in [0.1, 0.15) is 0 Å². The lowest BCUT2D eigenvalue weighted by atomic mass is 10.00. The van der Waals surface area contributed by atoms with E-state index < -0.39 is 0 Å². The van der Waals surface area contributed by atoms with Crippen molar-refractivity contribution in [3.05, 3.63) is 115 Å². The molecule has 0 saturated carbocycles. The summed E-state index contributed by atoms with van der Waals surface area (Å²) < 4.78 is 0. The highest BCUT2D eigenvalue weighted by Gasteiger charge is 2.16. The van der Waals surface area contributed by atoms with E-state index in [1.54, 1.807) is 12.3 Å². The van der Waals surface area contributed by atoms with Crippen LogP contribution in [0.1, 0.15) is 18.0 Å². The highest BCUT2D eigenvalue weighted by Crippen LogP contribution is 2.28. The average molecular weight is 326 g/mol. The van der Waals surface area contributed by atoms with Crippen LogP contribution in [0.4, 0.5) is 0 Å². The molecule has 0 fully saturated rings. The van der Waals surface area contributed by atoms with Crippen molar-refractivity contribution in [1.82, 2.24) is 10.3 Å². The zero-order chi connectivity index (χ0) is 17.5. The molecule has 1 unspecified atom stereocenters. The molecular formula is C23H22N2. The molecular weight excluding hydrogens is 304 g/mol. The topological polar surface area (TPSA) is 24.9 Å². The number of aromatic nitrogens is 1. The van der Waals surface area contributed by atoms with Crippen LogP contribution in [0.15, 0.2) is 110 Å². The smallest absolute Gasteiger partial charge is 0.0549 e. The first-order valence-corrected chi connectivity index (χ1v) is 8.40. The van der Waals surface area contributed by atoms with E-state index in [4.69, 9.17) is 0 Å². The van der Waals surface area contributed by atoms with Crippen molar-refractivity contribution in [3.63, 3.8) is 0 Å². The number of allylic oxidation sites excluding steroid dienone is 6. The Kier molecular flexibility index (Phi) is 5.43. The van der Waals surface area contributed by atoms with E-state index in [-0.39, 0.29) is 0 Å². The lowest BCUT2D eigenvalue weighted by Gasteiger charge is -2.14. The highest BCUT2D eigenvalue weighted by atomic mass is 14.9. The monoisotopic (exact) mass is 326 g/mol. The first kappa shape index (κ1) is 16.7. The van der Waals surface area contributed by atoms with E-state index in [9.17, 15) is 0 Å². The maximum absolute atomic E-state index is 4.21. The van der Waals surface area contributed by atoms with E-state index in [2.05, 4.69) is 65.9 Å². The molecule has 0 amide bonds. The predicted molar refractivity (Wildman–Crippen MR) is 106 cm³/mol. The summed E-state index contributed by atoms with van der Waals surface area (Å²) >= 11 is 0. The van der Waals surface area contributed by atoms with Crippen LogP contribution in [0.2, 0.25) is 0 Å². The van der Waals surface area contributed by atoms with E-state index in [0.29, 0.717) is 6.04 Å². The number of nitrogens with zero attached hydrogens (tertiary/aromatic N) is 1. The standard InChI is InChI=1S/C23H22N2/c1-3-7-18(4-2)11-12-22-13-14-23(25-22)20-9-5-8-19(16-20)21-10-6-15-24-17-21/h3-13,15-17,23,25H,1-2,14H2/b12-11+,18-7+. The first-order chi connectivity index (χ1) is 12.3. The largest absolute Gasteiger partial charge is 0.378 e. The molecule has 0 spiro atoms. The van der Waals surface area contributed by atoms with Crippen LogP contribution in [0.25, 0.3) is 11.1 Å². The van der Waals surface area contributed by atoms with E-state index in [0.717, 1.165) is 23.3 Å². The second kappa shape index (κ2) is 8.11. The minimum absolute atomic E-state index is 0.298. The van der Waals surface area contributed by atoms with Crippen LogP contribution in [0.3, 0.4) is 0 Å². The number of hydrogen-bond acceptors (Lipinski definition) is 2. The molecule has 2 heteroatoms. The van der Waals surface area contributed by atoms with Gasteiger partial charge in [0, 0.05) is 18.1 Å². The minimum Gasteiger partial charge on any atom is -0.378 e. The number of pyridine rings is 1. The van der Waals surface area contributed by atoms with Gasteiger partial charge in [0.25, 0.3) is 0 Å². The molecule has 1 aromatic heterocycles. The average Bonchev–Trinajstić information content (AvgIpc) is 3.15. The molecule has 3 rings (SSSR count). The molecule has 1 aliphatic rings. The van der Waals surface area contributed by atoms with Crippen molar-refractivity contribution in [1.29, 1.82) is 0 Å². The second-order valence-corrected chi connectivity index (χ2v) is 5.90. The molecule has 1 aromatic carbocycles. The Bertz CT molecular complexity index is 841. The van der Waals surface area contributed by atoms with Gasteiger partial charge in [0.15, 0.2) is 0 Å². The van der Waals surface area contributed by atoms with Crippen molar-refractivity contribution < 1.29 is 0 Å². The van der Waals surface area contributed by atoms with Gasteiger partial charge >= 0.3 is 0 Å². The van der Waals surface area contributed by atoms with Gasteiger partial charge in [-0.3, -0.25) is 4.98 Å². The Morgan fingerprint density at radius 2 is 2.04 bits per heavy atom. The van der Waals surface area contributed by atoms with Crippen LogP contribution in [-0.4, -0.2) is 4.98 Å². The van der Waals surface area contributed by atoms with Crippen LogP contribution < -0.4 is 5.32 Å². The molecule has 0 saturated heterocycles. The van der Waals surface area contributed by atoms with Crippen LogP contribution in [0.5, 0.6) is 0 Å². The highest BCUT2D eigenvalue weighted by molar-refractivity contribution is 5.63. The first-order valence-electron chi connectivity index (χ1n) is 8.40. The molecule has 1 aliphatic heterocycles. The van der Waals surface area contributed by atoms with Crippen LogP contribution in [-0.2, 0) is 0 Å². The van der Waals surface area contributed by atoms with Gasteiger partial charge in [0.2, 0.25) is 0 Å². The van der Waals surface area contributed by atoms with Gasteiger partial charge in [-0.05, 0) is 46.9 Å². The Hall–Kier alpha value is -3.13. The summed E-state index contributed by atoms with van der Waals surface area (Å²) in [5.74, 6) is 0. The summed E-state index contributed by atoms with van der Waals surface area (Å²) in [6.45, 7) is 7.53. The predicted octanol–water partition coefficient (Wildman–Crippen LogP) is 5.52. The fourth-order valence-electron chi connectivity index (χ4n) is 2.88. The summed E-state index contributed by atoms with van der Waals surface area (Å²) in [6.07, 6.45) is 16.6. The molecule has 0 aliphatic carbocycles. The lowest BCUT2D eigenvalue weighted by molar-refractivity contribution is 0.662. The van der Waals surface area contributed by atoms with E-state index in [1.807, 2.05) is 30.5 Å². The van der Waals surface area contributed by atoms with Gasteiger partial charge < -0.3 is 5.32 Å². The molecule has 2 nitrogen and oxygen atoms in total. The quantitative estimate of drug-likeness (QED) is 0.707. The van der Waals surface area contributed by atoms with Crippen molar-refractivity contribution in [2.24, 2.45) is 0 Å². The molecule has 1 atom stereocenters. The van der Waals surface area contributed by atoms with Crippen LogP contribution >= 0.6 is 0 Å². The third-order valence-corrected chi connectivity index (χ3v) is 4.20. The Morgan fingerprint density at radius 1 is 1.16 bits per heavy atom. The minimum atomic E-state index is 0.298. The van der Waals surface area contributed by atoms with E-state index in [1.165, 1.54) is 11.1 Å². The molecule has 124 valence electrons. The number of rotatable bonds is 6. The molecule has 2 heterocycles. The summed E-state index contributed by atoms with van der Waals surface area (Å²) in [5, 5.41) is 3.58. The third-order valence-electron chi connectivity index (χ3n) is 4.20. The van der Waals surface area contributed by atoms with Crippen molar-refractivity contribution >= 4 is 0 Å². The lowest BCUT2D eigenvalue weighted by Crippen LogP contribution is -2.13. The van der Waals surface area contributed by atoms with Crippen molar-refractivity contribution in [2.75, 3.05) is 0 Å². The Balaban J connectivity index is 1.71. The Morgan fingerprint density at radius 3 is 2.80 bits per heavy atom. The second-order valence-electron chi connectivity index (χ2n) is 5.90. The number of hydrogen-bond donors (Lipinski definition) is 1. The fraction of sp³-hybridized carbons (Fsp3) is 0.0870. The summed E-state index contributed by atoms with van der Waals surface area (Å²) in [4.78, 5) is 4.21. The summed E-state index contributed by atoms with van der Waals surface area (Å²) in [7, 11) is 0. The molecule has 0 bridgehead atoms. The molecule has 2 aromatic rings. The SMILES string of the molecule is C=C/C=C(C=C)/C=C/C1=CCC(c2cccc(-c3cccnc3)c2)N1. The van der Waals surface area contributed by atoms with Gasteiger partial charge in [-0.2, -0.15) is 0 Å². The van der Waals surface area contributed by atoms with Gasteiger partial charge in [-0.1, -0.05) is 67.8 Å². The fourth-order valence-corrected chi connectivity index (χ4v) is 2.88. The maximum atomic E-state index is 4.21. The normalized spacial score (nSPS) is 17.2. The van der Waals surface area contributed by atoms with E-state index >= 15 is 0 Å².